The van der Waals surface area contributed by atoms with Gasteiger partial charge in [0.2, 0.25) is 5.91 Å². The van der Waals surface area contributed by atoms with Crippen molar-refractivity contribution in [3.63, 3.8) is 0 Å². The molecule has 0 bridgehead atoms. The molecule has 9 heteroatoms. The Kier molecular flexibility index (Phi) is 7.19. The van der Waals surface area contributed by atoms with Gasteiger partial charge in [-0.2, -0.15) is 0 Å². The first-order chi connectivity index (χ1) is 15.2. The average molecular weight is 460 g/mol. The SMILES string of the molecule is CCC(C)(Oc1ccc(C)cc1F)C(=O)Nc1nc(CC(=O)Nc2ccc(F)cc2)cs1. The summed E-state index contributed by atoms with van der Waals surface area (Å²) >= 11 is 1.16. The van der Waals surface area contributed by atoms with E-state index in [9.17, 15) is 18.4 Å². The first-order valence-corrected chi connectivity index (χ1v) is 10.8. The highest BCUT2D eigenvalue weighted by Gasteiger charge is 2.35. The van der Waals surface area contributed by atoms with E-state index < -0.39 is 23.1 Å². The summed E-state index contributed by atoms with van der Waals surface area (Å²) in [5, 5.41) is 7.29. The zero-order valence-electron chi connectivity index (χ0n) is 17.9. The van der Waals surface area contributed by atoms with Crippen LogP contribution in [0.1, 0.15) is 31.5 Å². The molecule has 0 fully saturated rings. The van der Waals surface area contributed by atoms with E-state index in [4.69, 9.17) is 4.74 Å². The largest absolute Gasteiger partial charge is 0.475 e. The number of benzene rings is 2. The number of aromatic nitrogens is 1. The Balaban J connectivity index is 1.62. The molecule has 3 aromatic rings. The Labute approximate surface area is 188 Å². The van der Waals surface area contributed by atoms with Gasteiger partial charge < -0.3 is 10.1 Å². The second kappa shape index (κ2) is 9.86. The van der Waals surface area contributed by atoms with Gasteiger partial charge in [-0.3, -0.25) is 14.9 Å². The number of carbonyl (C=O) groups excluding carboxylic acids is 2. The minimum atomic E-state index is -1.32. The number of hydrogen-bond acceptors (Lipinski definition) is 5. The van der Waals surface area contributed by atoms with Crippen LogP contribution in [0.4, 0.5) is 19.6 Å². The summed E-state index contributed by atoms with van der Waals surface area (Å²) in [4.78, 5) is 29.3. The number of rotatable bonds is 8. The number of aryl methyl sites for hydroxylation is 1. The molecule has 2 N–H and O–H groups in total. The lowest BCUT2D eigenvalue weighted by Gasteiger charge is -2.28. The summed E-state index contributed by atoms with van der Waals surface area (Å²) in [6.07, 6.45) is 0.282. The van der Waals surface area contributed by atoms with Crippen molar-refractivity contribution in [2.75, 3.05) is 10.6 Å². The predicted octanol–water partition coefficient (Wildman–Crippen LogP) is 5.10. The van der Waals surface area contributed by atoms with Gasteiger partial charge in [-0.25, -0.2) is 13.8 Å². The van der Waals surface area contributed by atoms with Crippen molar-refractivity contribution in [2.24, 2.45) is 0 Å². The summed E-state index contributed by atoms with van der Waals surface area (Å²) in [5.74, 6) is -1.74. The normalized spacial score (nSPS) is 12.7. The Morgan fingerprint density at radius 2 is 1.84 bits per heavy atom. The molecular weight excluding hydrogens is 436 g/mol. The number of nitrogens with one attached hydrogen (secondary N) is 2. The molecule has 3 rings (SSSR count). The van der Waals surface area contributed by atoms with Gasteiger partial charge in [0, 0.05) is 11.1 Å². The van der Waals surface area contributed by atoms with E-state index >= 15 is 0 Å². The first kappa shape index (κ1) is 23.3. The van der Waals surface area contributed by atoms with Crippen LogP contribution in [0.2, 0.25) is 0 Å². The van der Waals surface area contributed by atoms with Gasteiger partial charge in [0.25, 0.3) is 5.91 Å². The topological polar surface area (TPSA) is 80.3 Å². The van der Waals surface area contributed by atoms with Gasteiger partial charge in [-0.05, 0) is 62.2 Å². The van der Waals surface area contributed by atoms with Crippen LogP contribution >= 0.6 is 11.3 Å². The third-order valence-corrected chi connectivity index (χ3v) is 5.63. The Morgan fingerprint density at radius 1 is 1.12 bits per heavy atom. The van der Waals surface area contributed by atoms with Gasteiger partial charge in [0.15, 0.2) is 22.3 Å². The highest BCUT2D eigenvalue weighted by Crippen LogP contribution is 2.27. The second-order valence-corrected chi connectivity index (χ2v) is 8.31. The molecule has 0 aliphatic rings. The van der Waals surface area contributed by atoms with Gasteiger partial charge in [0.1, 0.15) is 5.82 Å². The number of amides is 2. The molecule has 0 radical (unpaired) electrons. The number of anilines is 2. The molecule has 168 valence electrons. The summed E-state index contributed by atoms with van der Waals surface area (Å²) in [7, 11) is 0. The van der Waals surface area contributed by atoms with Crippen molar-refractivity contribution < 1.29 is 23.1 Å². The van der Waals surface area contributed by atoms with Gasteiger partial charge in [-0.15, -0.1) is 11.3 Å². The van der Waals surface area contributed by atoms with Crippen LogP contribution in [0.15, 0.2) is 47.8 Å². The summed E-state index contributed by atoms with van der Waals surface area (Å²) < 4.78 is 32.9. The maximum absolute atomic E-state index is 14.2. The summed E-state index contributed by atoms with van der Waals surface area (Å²) in [5.41, 5.74) is 0.367. The Morgan fingerprint density at radius 3 is 2.50 bits per heavy atom. The Hall–Kier alpha value is -3.33. The van der Waals surface area contributed by atoms with E-state index in [1.54, 1.807) is 32.2 Å². The van der Waals surface area contributed by atoms with Crippen LogP contribution in [0.3, 0.4) is 0 Å². The van der Waals surface area contributed by atoms with Crippen LogP contribution in [0.5, 0.6) is 5.75 Å². The first-order valence-electron chi connectivity index (χ1n) is 9.95. The van der Waals surface area contributed by atoms with E-state index in [1.165, 1.54) is 36.4 Å². The molecule has 2 aromatic carbocycles. The number of halogens is 2. The smallest absolute Gasteiger partial charge is 0.270 e. The monoisotopic (exact) mass is 459 g/mol. The highest BCUT2D eigenvalue weighted by molar-refractivity contribution is 7.14. The molecule has 0 spiro atoms. The number of hydrogen-bond donors (Lipinski definition) is 2. The van der Waals surface area contributed by atoms with E-state index in [2.05, 4.69) is 15.6 Å². The van der Waals surface area contributed by atoms with E-state index in [0.29, 0.717) is 22.9 Å². The second-order valence-electron chi connectivity index (χ2n) is 7.45. The molecule has 1 aromatic heterocycles. The average Bonchev–Trinajstić information content (AvgIpc) is 3.18. The lowest BCUT2D eigenvalue weighted by Crippen LogP contribution is -2.45. The van der Waals surface area contributed by atoms with Gasteiger partial charge in [-0.1, -0.05) is 13.0 Å². The molecule has 32 heavy (non-hydrogen) atoms. The minimum absolute atomic E-state index is 0.00704. The maximum atomic E-state index is 14.2. The van der Waals surface area contributed by atoms with E-state index in [-0.39, 0.29) is 18.1 Å². The van der Waals surface area contributed by atoms with Crippen molar-refractivity contribution in [3.05, 3.63) is 70.7 Å². The molecular formula is C23H23F2N3O3S. The molecule has 2 amide bonds. The van der Waals surface area contributed by atoms with Crippen molar-refractivity contribution >= 4 is 34.0 Å². The van der Waals surface area contributed by atoms with Crippen LogP contribution in [0, 0.1) is 18.6 Å². The number of nitrogens with zero attached hydrogens (tertiary/aromatic N) is 1. The van der Waals surface area contributed by atoms with Crippen molar-refractivity contribution in [1.29, 1.82) is 0 Å². The Bertz CT molecular complexity index is 1120. The van der Waals surface area contributed by atoms with Gasteiger partial charge in [0.05, 0.1) is 12.1 Å². The van der Waals surface area contributed by atoms with E-state index in [0.717, 1.165) is 16.9 Å². The molecule has 0 aliphatic heterocycles. The fraction of sp³-hybridized carbons (Fsp3) is 0.261. The fourth-order valence-electron chi connectivity index (χ4n) is 2.79. The van der Waals surface area contributed by atoms with Crippen LogP contribution in [-0.2, 0) is 16.0 Å². The molecule has 1 atom stereocenters. The predicted molar refractivity (Wildman–Crippen MR) is 120 cm³/mol. The lowest BCUT2D eigenvalue weighted by atomic mass is 10.0. The summed E-state index contributed by atoms with van der Waals surface area (Å²) in [6, 6.07) is 9.96. The number of carbonyl (C=O) groups is 2. The molecule has 0 saturated carbocycles. The fourth-order valence-corrected chi connectivity index (χ4v) is 3.49. The third-order valence-electron chi connectivity index (χ3n) is 4.82. The molecule has 0 aliphatic carbocycles. The lowest BCUT2D eigenvalue weighted by molar-refractivity contribution is -0.130. The standard InChI is InChI=1S/C23H23F2N3O3S/c1-4-23(3,31-19-10-5-14(2)11-18(19)25)21(30)28-22-27-17(13-32-22)12-20(29)26-16-8-6-15(24)7-9-16/h5-11,13H,4,12H2,1-3H3,(H,26,29)(H,27,28,30). The van der Waals surface area contributed by atoms with Crippen LogP contribution in [0.25, 0.3) is 0 Å². The van der Waals surface area contributed by atoms with Crippen LogP contribution in [-0.4, -0.2) is 22.4 Å². The van der Waals surface area contributed by atoms with E-state index in [1.807, 2.05) is 0 Å². The highest BCUT2D eigenvalue weighted by atomic mass is 32.1. The number of ether oxygens (including phenoxy) is 1. The zero-order chi connectivity index (χ0) is 23.3. The van der Waals surface area contributed by atoms with Crippen molar-refractivity contribution in [3.8, 4) is 5.75 Å². The maximum Gasteiger partial charge on any atom is 0.270 e. The quantitative estimate of drug-likeness (QED) is 0.491. The van der Waals surface area contributed by atoms with Crippen LogP contribution < -0.4 is 15.4 Å². The number of thiazole rings is 1. The third kappa shape index (κ3) is 5.88. The van der Waals surface area contributed by atoms with Gasteiger partial charge >= 0.3 is 0 Å². The van der Waals surface area contributed by atoms with Crippen molar-refractivity contribution in [1.82, 2.24) is 4.98 Å². The molecule has 6 nitrogen and oxygen atoms in total. The van der Waals surface area contributed by atoms with Crippen molar-refractivity contribution in [2.45, 2.75) is 39.2 Å². The molecule has 1 unspecified atom stereocenters. The summed E-state index contributed by atoms with van der Waals surface area (Å²) in [6.45, 7) is 5.10. The minimum Gasteiger partial charge on any atom is -0.475 e. The zero-order valence-corrected chi connectivity index (χ0v) is 18.7. The molecule has 0 saturated heterocycles. The molecule has 1 heterocycles.